The first-order chi connectivity index (χ1) is 18.2. The number of rotatable bonds is 14. The van der Waals surface area contributed by atoms with Gasteiger partial charge in [0.15, 0.2) is 5.03 Å². The number of nitrogens with one attached hydrogen (secondary N) is 3. The number of guanidine groups is 1. The number of hydrogen-bond donors (Lipinski definition) is 5. The van der Waals surface area contributed by atoms with Crippen molar-refractivity contribution in [3.63, 3.8) is 0 Å². The Morgan fingerprint density at radius 3 is 2.37 bits per heavy atom. The SMILES string of the molecule is COC(=O)[C@H](CCCN/C(N)=N/[N+](=O)[O-])NC(=O)[C@@H](Cc1ccccc1)NC(=O)CCc1ccc(O)cc1. The fourth-order valence-electron chi connectivity index (χ4n) is 3.56. The van der Waals surface area contributed by atoms with Gasteiger partial charge in [0.25, 0.3) is 5.96 Å². The third-order valence-electron chi connectivity index (χ3n) is 5.48. The molecule has 0 aliphatic heterocycles. The summed E-state index contributed by atoms with van der Waals surface area (Å²) in [6.45, 7) is 0.161. The predicted molar refractivity (Wildman–Crippen MR) is 138 cm³/mol. The molecule has 204 valence electrons. The molecule has 2 amide bonds. The Kier molecular flexibility index (Phi) is 12.0. The normalized spacial score (nSPS) is 12.6. The van der Waals surface area contributed by atoms with E-state index in [1.165, 1.54) is 19.2 Å². The van der Waals surface area contributed by atoms with Crippen LogP contribution in [0.1, 0.15) is 30.4 Å². The van der Waals surface area contributed by atoms with E-state index in [1.54, 1.807) is 12.1 Å². The van der Waals surface area contributed by atoms with E-state index in [2.05, 4.69) is 21.1 Å². The van der Waals surface area contributed by atoms with E-state index >= 15 is 0 Å². The number of nitrogens with zero attached hydrogens (tertiary/aromatic N) is 2. The van der Waals surface area contributed by atoms with Crippen LogP contribution in [0.5, 0.6) is 5.75 Å². The molecule has 2 rings (SSSR count). The molecule has 0 radical (unpaired) electrons. The van der Waals surface area contributed by atoms with Crippen LogP contribution in [0.4, 0.5) is 0 Å². The first-order valence-electron chi connectivity index (χ1n) is 11.9. The highest BCUT2D eigenvalue weighted by Crippen LogP contribution is 2.12. The quantitative estimate of drug-likeness (QED) is 0.0581. The number of ether oxygens (including phenoxy) is 1. The lowest BCUT2D eigenvalue weighted by molar-refractivity contribution is -0.485. The Hall–Kier alpha value is -4.68. The molecule has 0 bridgehead atoms. The molecule has 6 N–H and O–H groups in total. The van der Waals surface area contributed by atoms with Gasteiger partial charge in [0.05, 0.1) is 7.11 Å². The maximum atomic E-state index is 13.2. The Bertz CT molecular complexity index is 1110. The van der Waals surface area contributed by atoms with Crippen LogP contribution in [0, 0.1) is 10.1 Å². The number of carbonyl (C=O) groups is 3. The second kappa shape index (κ2) is 15.4. The average molecular weight is 529 g/mol. The van der Waals surface area contributed by atoms with Crippen molar-refractivity contribution in [2.45, 2.75) is 44.2 Å². The van der Waals surface area contributed by atoms with Crippen LogP contribution in [-0.2, 0) is 32.0 Å². The summed E-state index contributed by atoms with van der Waals surface area (Å²) in [5.41, 5.74) is 7.03. The molecule has 0 aromatic heterocycles. The molecule has 0 saturated carbocycles. The van der Waals surface area contributed by atoms with E-state index in [1.807, 2.05) is 30.3 Å². The molecule has 0 aliphatic carbocycles. The maximum Gasteiger partial charge on any atom is 0.328 e. The number of benzene rings is 2. The van der Waals surface area contributed by atoms with Gasteiger partial charge in [-0.05, 0) is 42.5 Å². The zero-order valence-corrected chi connectivity index (χ0v) is 21.0. The third kappa shape index (κ3) is 10.9. The van der Waals surface area contributed by atoms with Crippen molar-refractivity contribution in [1.82, 2.24) is 16.0 Å². The number of phenolic OH excluding ortho intramolecular Hbond substituents is 1. The first kappa shape index (κ1) is 29.5. The Morgan fingerprint density at radius 2 is 1.74 bits per heavy atom. The lowest BCUT2D eigenvalue weighted by atomic mass is 10.0. The largest absolute Gasteiger partial charge is 0.508 e. The van der Waals surface area contributed by atoms with Crippen molar-refractivity contribution in [3.8, 4) is 5.75 Å². The minimum absolute atomic E-state index is 0.114. The van der Waals surface area contributed by atoms with E-state index in [-0.39, 0.29) is 43.4 Å². The molecule has 0 unspecified atom stereocenters. The number of phenols is 1. The van der Waals surface area contributed by atoms with Gasteiger partial charge in [-0.1, -0.05) is 42.5 Å². The monoisotopic (exact) mass is 528 g/mol. The van der Waals surface area contributed by atoms with Crippen molar-refractivity contribution >= 4 is 23.7 Å². The molecular weight excluding hydrogens is 496 g/mol. The van der Waals surface area contributed by atoms with Gasteiger partial charge in [-0.2, -0.15) is 0 Å². The molecule has 38 heavy (non-hydrogen) atoms. The fraction of sp³-hybridized carbons (Fsp3) is 0.360. The molecule has 0 fully saturated rings. The Balaban J connectivity index is 2.03. The van der Waals surface area contributed by atoms with Crippen LogP contribution in [0.3, 0.4) is 0 Å². The van der Waals surface area contributed by atoms with Gasteiger partial charge >= 0.3 is 5.97 Å². The summed E-state index contributed by atoms with van der Waals surface area (Å²) in [5, 5.41) is 29.7. The zero-order valence-electron chi connectivity index (χ0n) is 21.0. The van der Waals surface area contributed by atoms with Crippen molar-refractivity contribution in [3.05, 3.63) is 75.8 Å². The van der Waals surface area contributed by atoms with E-state index in [4.69, 9.17) is 10.5 Å². The third-order valence-corrected chi connectivity index (χ3v) is 5.48. The molecule has 0 spiro atoms. The number of esters is 1. The van der Waals surface area contributed by atoms with Crippen LogP contribution in [-0.4, -0.2) is 59.6 Å². The summed E-state index contributed by atoms with van der Waals surface area (Å²) in [6.07, 6.45) is 1.16. The summed E-state index contributed by atoms with van der Waals surface area (Å²) in [4.78, 5) is 48.6. The van der Waals surface area contributed by atoms with Crippen LogP contribution in [0.25, 0.3) is 0 Å². The molecule has 2 atom stereocenters. The predicted octanol–water partition coefficient (Wildman–Crippen LogP) is 0.586. The van der Waals surface area contributed by atoms with E-state index in [9.17, 15) is 29.6 Å². The van der Waals surface area contributed by atoms with Gasteiger partial charge in [0.1, 0.15) is 22.9 Å². The van der Waals surface area contributed by atoms with Gasteiger partial charge in [0.2, 0.25) is 11.8 Å². The van der Waals surface area contributed by atoms with E-state index in [0.717, 1.165) is 11.1 Å². The van der Waals surface area contributed by atoms with Gasteiger partial charge in [-0.15, -0.1) is 0 Å². The second-order valence-electron chi connectivity index (χ2n) is 8.35. The fourth-order valence-corrected chi connectivity index (χ4v) is 3.56. The number of methoxy groups -OCH3 is 1. The lowest BCUT2D eigenvalue weighted by Gasteiger charge is -2.22. The van der Waals surface area contributed by atoms with Crippen LogP contribution < -0.4 is 21.7 Å². The molecule has 0 aliphatic rings. The molecule has 2 aromatic rings. The smallest absolute Gasteiger partial charge is 0.328 e. The van der Waals surface area contributed by atoms with Crippen molar-refractivity contribution in [2.75, 3.05) is 13.7 Å². The second-order valence-corrected chi connectivity index (χ2v) is 8.35. The maximum absolute atomic E-state index is 13.2. The molecular formula is C25H32N6O7. The summed E-state index contributed by atoms with van der Waals surface area (Å²) >= 11 is 0. The van der Waals surface area contributed by atoms with Crippen LogP contribution >= 0.6 is 0 Å². The molecule has 2 aromatic carbocycles. The van der Waals surface area contributed by atoms with Crippen LogP contribution in [0.2, 0.25) is 0 Å². The molecule has 0 heterocycles. The number of hydrazone groups is 1. The summed E-state index contributed by atoms with van der Waals surface area (Å²) in [7, 11) is 1.19. The average Bonchev–Trinajstić information content (AvgIpc) is 2.89. The molecule has 13 heteroatoms. The van der Waals surface area contributed by atoms with Crippen molar-refractivity contribution < 1.29 is 29.3 Å². The zero-order chi connectivity index (χ0) is 27.9. The number of amides is 2. The first-order valence-corrected chi connectivity index (χ1v) is 11.9. The van der Waals surface area contributed by atoms with Crippen molar-refractivity contribution in [2.24, 2.45) is 10.8 Å². The Labute approximate surface area is 219 Å². The topological polar surface area (TPSA) is 198 Å². The highest BCUT2D eigenvalue weighted by molar-refractivity contribution is 5.91. The number of aryl methyl sites for hydroxylation is 1. The number of nitro groups is 1. The van der Waals surface area contributed by atoms with E-state index in [0.29, 0.717) is 12.8 Å². The van der Waals surface area contributed by atoms with Gasteiger partial charge in [-0.25, -0.2) is 14.9 Å². The number of carbonyl (C=O) groups excluding carboxylic acids is 3. The Morgan fingerprint density at radius 1 is 1.05 bits per heavy atom. The molecule has 13 nitrogen and oxygen atoms in total. The van der Waals surface area contributed by atoms with Crippen LogP contribution in [0.15, 0.2) is 59.7 Å². The number of hydrogen-bond acceptors (Lipinski definition) is 7. The minimum atomic E-state index is -1.02. The molecule has 0 saturated heterocycles. The number of nitrogens with two attached hydrogens (primary N) is 1. The summed E-state index contributed by atoms with van der Waals surface area (Å²) < 4.78 is 4.80. The van der Waals surface area contributed by atoms with Gasteiger partial charge in [0, 0.05) is 19.4 Å². The highest BCUT2D eigenvalue weighted by Gasteiger charge is 2.27. The summed E-state index contributed by atoms with van der Waals surface area (Å²) in [6, 6.07) is 13.6. The highest BCUT2D eigenvalue weighted by atomic mass is 16.7. The van der Waals surface area contributed by atoms with Gasteiger partial charge < -0.3 is 31.5 Å². The van der Waals surface area contributed by atoms with Crippen molar-refractivity contribution in [1.29, 1.82) is 0 Å². The minimum Gasteiger partial charge on any atom is -0.508 e. The standard InChI is InChI=1S/C25H32N6O7/c1-38-24(35)20(8-5-15-27-25(26)30-31(36)37)29-23(34)21(16-18-6-3-2-4-7-18)28-22(33)14-11-17-9-12-19(32)13-10-17/h2-4,6-7,9-10,12-13,20-21,32H,5,8,11,14-16H2,1H3,(H,28,33)(H,29,34)(H3,26,27,30)/t20-,21+/m0/s1. The number of aromatic hydroxyl groups is 1. The lowest BCUT2D eigenvalue weighted by Crippen LogP contribution is -2.52. The van der Waals surface area contributed by atoms with Gasteiger partial charge in [-0.3, -0.25) is 9.59 Å². The summed E-state index contributed by atoms with van der Waals surface area (Å²) in [5.74, 6) is -1.85. The van der Waals surface area contributed by atoms with E-state index < -0.39 is 29.0 Å².